The molecule has 0 radical (unpaired) electrons. The maximum Gasteiger partial charge on any atom is 0.236 e. The van der Waals surface area contributed by atoms with Crippen LogP contribution in [0.4, 0.5) is 11.4 Å². The summed E-state index contributed by atoms with van der Waals surface area (Å²) in [6.07, 6.45) is -0.150. The molecule has 102 valence electrons. The van der Waals surface area contributed by atoms with Crippen LogP contribution in [0.5, 0.6) is 0 Å². The molecule has 1 aliphatic rings. The van der Waals surface area contributed by atoms with Gasteiger partial charge < -0.3 is 16.0 Å². The van der Waals surface area contributed by atoms with E-state index in [0.717, 1.165) is 10.8 Å². The largest absolute Gasteiger partial charge is 0.329 e. The first-order valence-electron chi connectivity index (χ1n) is 6.53. The van der Waals surface area contributed by atoms with Crippen molar-refractivity contribution in [2.24, 2.45) is 5.73 Å². The van der Waals surface area contributed by atoms with Crippen LogP contribution < -0.4 is 16.0 Å². The summed E-state index contributed by atoms with van der Waals surface area (Å²) in [5.41, 5.74) is 6.98. The zero-order valence-electron chi connectivity index (χ0n) is 10.9. The van der Waals surface area contributed by atoms with Crippen LogP contribution >= 0.6 is 0 Å². The number of nitrogens with two attached hydrogens (primary N) is 1. The second-order valence-electron chi connectivity index (χ2n) is 4.74. The fourth-order valence-electron chi connectivity index (χ4n) is 2.54. The molecule has 0 atom stereocenters. The Kier molecular flexibility index (Phi) is 3.12. The number of anilines is 2. The normalized spacial score (nSPS) is 14.9. The van der Waals surface area contributed by atoms with E-state index in [2.05, 4.69) is 5.32 Å². The van der Waals surface area contributed by atoms with Crippen molar-refractivity contribution in [2.45, 2.75) is 6.42 Å². The number of carbonyl (C=O) groups is 2. The SMILES string of the molecule is NCCN1C(=O)CC(=O)Nc2c1ccc1ccccc21. The van der Waals surface area contributed by atoms with Gasteiger partial charge in [0.15, 0.2) is 0 Å². The molecule has 0 fully saturated rings. The maximum atomic E-state index is 12.1. The molecule has 0 bridgehead atoms. The molecule has 2 aromatic carbocycles. The van der Waals surface area contributed by atoms with Crippen LogP contribution in [-0.4, -0.2) is 24.9 Å². The molecule has 3 N–H and O–H groups in total. The summed E-state index contributed by atoms with van der Waals surface area (Å²) in [6.45, 7) is 0.755. The molecule has 5 heteroatoms. The van der Waals surface area contributed by atoms with Gasteiger partial charge in [-0.3, -0.25) is 9.59 Å². The van der Waals surface area contributed by atoms with E-state index < -0.39 is 0 Å². The van der Waals surface area contributed by atoms with Gasteiger partial charge in [0.25, 0.3) is 0 Å². The van der Waals surface area contributed by atoms with Crippen LogP contribution in [0.3, 0.4) is 0 Å². The van der Waals surface area contributed by atoms with Crippen molar-refractivity contribution in [3.8, 4) is 0 Å². The molecule has 1 heterocycles. The van der Waals surface area contributed by atoms with E-state index >= 15 is 0 Å². The van der Waals surface area contributed by atoms with Gasteiger partial charge in [0.2, 0.25) is 11.8 Å². The molecule has 0 aliphatic carbocycles. The predicted molar refractivity (Wildman–Crippen MR) is 78.6 cm³/mol. The van der Waals surface area contributed by atoms with E-state index in [0.29, 0.717) is 24.5 Å². The molecule has 3 rings (SSSR count). The number of amides is 2. The van der Waals surface area contributed by atoms with Crippen molar-refractivity contribution in [1.82, 2.24) is 0 Å². The molecule has 5 nitrogen and oxygen atoms in total. The Morgan fingerprint density at radius 2 is 1.95 bits per heavy atom. The minimum Gasteiger partial charge on any atom is -0.329 e. The molecule has 0 unspecified atom stereocenters. The molecule has 0 spiro atoms. The van der Waals surface area contributed by atoms with Crippen molar-refractivity contribution < 1.29 is 9.59 Å². The monoisotopic (exact) mass is 269 g/mol. The molecular weight excluding hydrogens is 254 g/mol. The summed E-state index contributed by atoms with van der Waals surface area (Å²) in [7, 11) is 0. The Morgan fingerprint density at radius 1 is 1.15 bits per heavy atom. The molecular formula is C15H15N3O2. The number of fused-ring (bicyclic) bond motifs is 3. The fourth-order valence-corrected chi connectivity index (χ4v) is 2.54. The van der Waals surface area contributed by atoms with E-state index in [1.165, 1.54) is 0 Å². The Bertz CT molecular complexity index is 697. The second-order valence-corrected chi connectivity index (χ2v) is 4.74. The van der Waals surface area contributed by atoms with Crippen LogP contribution in [0, 0.1) is 0 Å². The van der Waals surface area contributed by atoms with E-state index in [-0.39, 0.29) is 18.2 Å². The average Bonchev–Trinajstić information content (AvgIpc) is 2.56. The van der Waals surface area contributed by atoms with Gasteiger partial charge in [-0.15, -0.1) is 0 Å². The third-order valence-electron chi connectivity index (χ3n) is 3.43. The third-order valence-corrected chi connectivity index (χ3v) is 3.43. The molecule has 2 aromatic rings. The summed E-state index contributed by atoms with van der Waals surface area (Å²) in [4.78, 5) is 25.6. The molecule has 0 saturated heterocycles. The van der Waals surface area contributed by atoms with Gasteiger partial charge in [0, 0.05) is 18.5 Å². The number of nitrogens with zero attached hydrogens (tertiary/aromatic N) is 1. The lowest BCUT2D eigenvalue weighted by Gasteiger charge is -2.22. The third kappa shape index (κ3) is 2.02. The van der Waals surface area contributed by atoms with Gasteiger partial charge in [-0.1, -0.05) is 30.3 Å². The number of hydrogen-bond acceptors (Lipinski definition) is 3. The van der Waals surface area contributed by atoms with Crippen molar-refractivity contribution in [1.29, 1.82) is 0 Å². The Morgan fingerprint density at radius 3 is 2.75 bits per heavy atom. The minimum absolute atomic E-state index is 0.150. The van der Waals surface area contributed by atoms with Crippen molar-refractivity contribution in [3.63, 3.8) is 0 Å². The van der Waals surface area contributed by atoms with Crippen LogP contribution in [0.1, 0.15) is 6.42 Å². The van der Waals surface area contributed by atoms with Crippen molar-refractivity contribution >= 4 is 34.0 Å². The number of rotatable bonds is 2. The number of nitrogens with one attached hydrogen (secondary N) is 1. The predicted octanol–water partition coefficient (Wildman–Crippen LogP) is 1.47. The van der Waals surface area contributed by atoms with Gasteiger partial charge in [0.1, 0.15) is 6.42 Å². The summed E-state index contributed by atoms with van der Waals surface area (Å²) in [5.74, 6) is -0.505. The van der Waals surface area contributed by atoms with Crippen molar-refractivity contribution in [3.05, 3.63) is 36.4 Å². The maximum absolute atomic E-state index is 12.1. The van der Waals surface area contributed by atoms with Gasteiger partial charge in [-0.25, -0.2) is 0 Å². The minimum atomic E-state index is -0.285. The lowest BCUT2D eigenvalue weighted by molar-refractivity contribution is -0.124. The van der Waals surface area contributed by atoms with E-state index in [1.54, 1.807) is 4.90 Å². The van der Waals surface area contributed by atoms with Crippen molar-refractivity contribution in [2.75, 3.05) is 23.3 Å². The lowest BCUT2D eigenvalue weighted by Crippen LogP contribution is -2.35. The van der Waals surface area contributed by atoms with E-state index in [9.17, 15) is 9.59 Å². The van der Waals surface area contributed by atoms with E-state index in [4.69, 9.17) is 5.73 Å². The van der Waals surface area contributed by atoms with E-state index in [1.807, 2.05) is 36.4 Å². The standard InChI is InChI=1S/C15H15N3O2/c16-7-8-18-12-6-5-10-3-1-2-4-11(10)15(12)17-13(19)9-14(18)20/h1-6H,7-9,16H2,(H,17,19). The number of carbonyl (C=O) groups excluding carboxylic acids is 2. The Labute approximate surface area is 116 Å². The summed E-state index contributed by atoms with van der Waals surface area (Å²) in [6, 6.07) is 11.6. The highest BCUT2D eigenvalue weighted by molar-refractivity contribution is 6.18. The van der Waals surface area contributed by atoms with Gasteiger partial charge in [-0.05, 0) is 11.5 Å². The summed E-state index contributed by atoms with van der Waals surface area (Å²) < 4.78 is 0. The quantitative estimate of drug-likeness (QED) is 0.811. The second kappa shape index (κ2) is 4.94. The van der Waals surface area contributed by atoms with Crippen LogP contribution in [0.15, 0.2) is 36.4 Å². The first-order chi connectivity index (χ1) is 9.70. The van der Waals surface area contributed by atoms with Gasteiger partial charge >= 0.3 is 0 Å². The lowest BCUT2D eigenvalue weighted by atomic mass is 10.1. The van der Waals surface area contributed by atoms with Gasteiger partial charge in [-0.2, -0.15) is 0 Å². The highest BCUT2D eigenvalue weighted by Gasteiger charge is 2.26. The first-order valence-corrected chi connectivity index (χ1v) is 6.53. The topological polar surface area (TPSA) is 75.4 Å². The molecule has 0 saturated carbocycles. The first kappa shape index (κ1) is 12.6. The number of benzene rings is 2. The molecule has 0 aromatic heterocycles. The number of hydrogen-bond donors (Lipinski definition) is 2. The molecule has 2 amide bonds. The highest BCUT2D eigenvalue weighted by Crippen LogP contribution is 2.35. The van der Waals surface area contributed by atoms with Crippen LogP contribution in [-0.2, 0) is 9.59 Å². The highest BCUT2D eigenvalue weighted by atomic mass is 16.2. The van der Waals surface area contributed by atoms with Gasteiger partial charge in [0.05, 0.1) is 11.4 Å². The molecule has 1 aliphatic heterocycles. The summed E-state index contributed by atoms with van der Waals surface area (Å²) >= 11 is 0. The fraction of sp³-hybridized carbons (Fsp3) is 0.200. The summed E-state index contributed by atoms with van der Waals surface area (Å²) in [5, 5.41) is 4.79. The van der Waals surface area contributed by atoms with Crippen LogP contribution in [0.25, 0.3) is 10.8 Å². The zero-order chi connectivity index (χ0) is 14.1. The van der Waals surface area contributed by atoms with Crippen LogP contribution in [0.2, 0.25) is 0 Å². The Balaban J connectivity index is 2.25. The smallest absolute Gasteiger partial charge is 0.236 e. The Hall–Kier alpha value is -2.40. The average molecular weight is 269 g/mol. The molecule has 20 heavy (non-hydrogen) atoms. The zero-order valence-corrected chi connectivity index (χ0v) is 10.9.